The molecule has 30 heteroatoms. The summed E-state index contributed by atoms with van der Waals surface area (Å²) in [5.74, 6) is -2.96. The van der Waals surface area contributed by atoms with Crippen molar-refractivity contribution in [2.24, 2.45) is 5.92 Å². The standard InChI is InChI=1S/C60H80BrClN8O19S/c1-35-13-11-15-46(82-10)60(80)30-45(87-56(77)66-60)36(2)53-59(4,89-53)47(29-51(74)70(8)43-27-39(25-35)28-44(81-9)52(43)62)88-54(75)37(3)69(7)50(73)19-24-90-58(79)68(6)22-21-67(5)57(78)85-32-38-16-17-41(42(26-38)64-48(71)18-20-63-49(72)31-61)65-55(76)86-40-14-12-23-83-34-84-33-40/h11-17,26-28,36-37,40,45-47,53,80H,18-25,29-34H2,1-10H3,(H,63,72)(H,64,71)(H,65,76)(H,66,77)/b14-12+,15-11+,35-13+/t36-,37+,40?,45+,46-,47+,53?,59+,60+/m1/s1. The number of likely N-dealkylation sites (N-methyl/N-ethyl adjacent to an activating group) is 3. The van der Waals surface area contributed by atoms with Gasteiger partial charge in [0.2, 0.25) is 23.6 Å². The summed E-state index contributed by atoms with van der Waals surface area (Å²) in [5.41, 5.74) is -0.535. The zero-order chi connectivity index (χ0) is 66.0. The number of hydrogen-bond acceptors (Lipinski definition) is 20. The monoisotopic (exact) mass is 1360 g/mol. The average molecular weight is 1360 g/mol. The van der Waals surface area contributed by atoms with Crippen molar-refractivity contribution in [1.29, 1.82) is 0 Å². The van der Waals surface area contributed by atoms with Gasteiger partial charge in [-0.25, -0.2) is 19.2 Å². The summed E-state index contributed by atoms with van der Waals surface area (Å²) in [7, 11) is 8.80. The van der Waals surface area contributed by atoms with E-state index in [0.717, 1.165) is 22.9 Å². The quantitative estimate of drug-likeness (QED) is 0.0320. The molecule has 90 heavy (non-hydrogen) atoms. The molecule has 0 aliphatic carbocycles. The van der Waals surface area contributed by atoms with Crippen LogP contribution in [0.4, 0.5) is 36.2 Å². The fourth-order valence-electron chi connectivity index (χ4n) is 9.89. The molecule has 0 saturated carbocycles. The highest BCUT2D eigenvalue weighted by Gasteiger charge is 2.64. The number of carbonyl (C=O) groups excluding carboxylic acids is 9. The summed E-state index contributed by atoms with van der Waals surface area (Å²) >= 11 is 10.7. The van der Waals surface area contributed by atoms with Gasteiger partial charge >= 0.3 is 24.2 Å². The lowest BCUT2D eigenvalue weighted by atomic mass is 9.83. The lowest BCUT2D eigenvalue weighted by Crippen LogP contribution is -2.63. The molecule has 2 aromatic rings. The van der Waals surface area contributed by atoms with E-state index in [4.69, 9.17) is 54.2 Å². The second-order valence-corrected chi connectivity index (χ2v) is 24.2. The maximum atomic E-state index is 14.4. The molecule has 0 spiro atoms. The molecule has 0 aromatic heterocycles. The normalized spacial score (nSPS) is 25.0. The lowest BCUT2D eigenvalue weighted by molar-refractivity contribution is -0.162. The van der Waals surface area contributed by atoms with E-state index < -0.39 is 107 Å². The van der Waals surface area contributed by atoms with Crippen molar-refractivity contribution >= 4 is 109 Å². The minimum atomic E-state index is -1.91. The molecule has 2 unspecified atom stereocenters. The number of thioether (sulfide) groups is 1. The highest BCUT2D eigenvalue weighted by molar-refractivity contribution is 9.09. The first kappa shape index (κ1) is 72.1. The van der Waals surface area contributed by atoms with Gasteiger partial charge in [-0.15, -0.1) is 0 Å². The SMILES string of the molecule is COc1cc2cc(c1Cl)N(C)C(=O)C[C@H](OC(=O)[C@H](C)N(C)C(=O)CCSC(=O)N(C)CCN(C)C(=O)OCc1ccc(NC(=O)OC3/C=C/COCOC3)c(NC(=O)CCNC(=O)CBr)c1)[C@]1(C)OC1[C@H](C)[C@@H]1C[C@@](O)(NC(=O)O1)[C@H](OC)/C=C/C=C(\C)C2. The Bertz CT molecular complexity index is 3050. The van der Waals surface area contributed by atoms with Crippen molar-refractivity contribution in [2.45, 2.75) is 114 Å². The number of benzene rings is 2. The molecular formula is C60H80BrClN8O19S. The van der Waals surface area contributed by atoms with E-state index in [2.05, 4.69) is 37.2 Å². The summed E-state index contributed by atoms with van der Waals surface area (Å²) in [6.07, 6.45) is 0.909. The minimum Gasteiger partial charge on any atom is -0.495 e. The highest BCUT2D eigenvalue weighted by atomic mass is 79.9. The van der Waals surface area contributed by atoms with Gasteiger partial charge in [0, 0.05) is 85.9 Å². The molecule has 0 radical (unpaired) electrons. The van der Waals surface area contributed by atoms with E-state index in [9.17, 15) is 48.3 Å². The molecule has 5 N–H and O–H groups in total. The van der Waals surface area contributed by atoms with E-state index in [1.54, 1.807) is 56.4 Å². The number of fused-ring (bicyclic) bond motifs is 5. The van der Waals surface area contributed by atoms with Crippen LogP contribution in [0.25, 0.3) is 0 Å². The van der Waals surface area contributed by atoms with Crippen molar-refractivity contribution < 1.29 is 90.9 Å². The third-order valence-corrected chi connectivity index (χ3v) is 17.3. The molecule has 27 nitrogen and oxygen atoms in total. The van der Waals surface area contributed by atoms with Crippen molar-refractivity contribution in [1.82, 2.24) is 25.3 Å². The number of halogens is 2. The Kier molecular flexibility index (Phi) is 26.7. The molecule has 494 valence electrons. The predicted octanol–water partition coefficient (Wildman–Crippen LogP) is 6.28. The van der Waals surface area contributed by atoms with Crippen LogP contribution in [0.3, 0.4) is 0 Å². The summed E-state index contributed by atoms with van der Waals surface area (Å²) in [6.45, 7) is 7.04. The molecule has 4 bridgehead atoms. The second-order valence-electron chi connectivity index (χ2n) is 22.2. The van der Waals surface area contributed by atoms with Crippen molar-refractivity contribution in [3.05, 3.63) is 82.4 Å². The highest BCUT2D eigenvalue weighted by Crippen LogP contribution is 2.49. The van der Waals surface area contributed by atoms with Crippen molar-refractivity contribution in [3.63, 3.8) is 0 Å². The third-order valence-electron chi connectivity index (χ3n) is 15.5. The number of alkyl halides is 1. The number of methoxy groups -OCH3 is 2. The van der Waals surface area contributed by atoms with Gasteiger partial charge in [-0.05, 0) is 68.7 Å². The van der Waals surface area contributed by atoms with Gasteiger partial charge < -0.3 is 78.0 Å². The number of alkyl carbamates (subject to hydrolysis) is 1. The Labute approximate surface area is 540 Å². The molecule has 4 aliphatic rings. The molecule has 2 saturated heterocycles. The fourth-order valence-corrected chi connectivity index (χ4v) is 11.2. The van der Waals surface area contributed by atoms with Crippen LogP contribution in [-0.4, -0.2) is 214 Å². The van der Waals surface area contributed by atoms with Crippen molar-refractivity contribution in [3.8, 4) is 5.75 Å². The number of esters is 1. The number of carbonyl (C=O) groups is 9. The van der Waals surface area contributed by atoms with Gasteiger partial charge in [0.15, 0.2) is 5.72 Å². The minimum absolute atomic E-state index is 0.0252. The van der Waals surface area contributed by atoms with Crippen LogP contribution >= 0.6 is 39.3 Å². The summed E-state index contributed by atoms with van der Waals surface area (Å²) in [6, 6.07) is 6.88. The summed E-state index contributed by atoms with van der Waals surface area (Å²) in [5, 5.41) is 22.1. The van der Waals surface area contributed by atoms with Crippen LogP contribution in [-0.2, 0) is 74.9 Å². The molecule has 4 aliphatic heterocycles. The number of ether oxygens (including phenoxy) is 9. The zero-order valence-corrected chi connectivity index (χ0v) is 55.1. The number of amides is 8. The number of epoxide rings is 1. The van der Waals surface area contributed by atoms with E-state index >= 15 is 0 Å². The molecule has 6 rings (SSSR count). The van der Waals surface area contributed by atoms with Gasteiger partial charge in [0.1, 0.15) is 60.2 Å². The number of nitrogens with one attached hydrogen (secondary N) is 4. The van der Waals surface area contributed by atoms with Crippen LogP contribution in [0, 0.1) is 5.92 Å². The fraction of sp³-hybridized carbons (Fsp3) is 0.550. The molecule has 8 amide bonds. The molecular weight excluding hydrogens is 1280 g/mol. The van der Waals surface area contributed by atoms with Crippen LogP contribution in [0.2, 0.25) is 5.02 Å². The first-order chi connectivity index (χ1) is 42.7. The molecule has 4 heterocycles. The van der Waals surface area contributed by atoms with E-state index in [-0.39, 0.29) is 98.9 Å². The molecule has 2 fully saturated rings. The van der Waals surface area contributed by atoms with E-state index in [0.29, 0.717) is 23.4 Å². The average Bonchev–Trinajstić information content (AvgIpc) is 1.57. The number of anilines is 3. The number of rotatable bonds is 20. The van der Waals surface area contributed by atoms with Gasteiger partial charge in [0.25, 0.3) is 5.24 Å². The number of hydrogen-bond donors (Lipinski definition) is 5. The number of nitrogens with zero attached hydrogens (tertiary/aromatic N) is 4. The van der Waals surface area contributed by atoms with Gasteiger partial charge in [0.05, 0.1) is 55.2 Å². The Morgan fingerprint density at radius 1 is 0.978 bits per heavy atom. The van der Waals surface area contributed by atoms with Gasteiger partial charge in [-0.1, -0.05) is 82.2 Å². The zero-order valence-electron chi connectivity index (χ0n) is 52.0. The third kappa shape index (κ3) is 20.0. The first-order valence-electron chi connectivity index (χ1n) is 28.9. The van der Waals surface area contributed by atoms with Gasteiger partial charge in [-0.2, -0.15) is 0 Å². The van der Waals surface area contributed by atoms with Crippen LogP contribution < -0.4 is 30.9 Å². The van der Waals surface area contributed by atoms with Gasteiger partial charge in [-0.3, -0.25) is 34.6 Å². The first-order valence-corrected chi connectivity index (χ1v) is 31.3. The van der Waals surface area contributed by atoms with Crippen LogP contribution in [0.15, 0.2) is 66.3 Å². The Morgan fingerprint density at radius 2 is 1.72 bits per heavy atom. The second kappa shape index (κ2) is 33.4. The van der Waals surface area contributed by atoms with E-state index in [1.165, 1.54) is 81.1 Å². The lowest BCUT2D eigenvalue weighted by Gasteiger charge is -2.42. The Balaban J connectivity index is 1.03. The summed E-state index contributed by atoms with van der Waals surface area (Å²) < 4.78 is 51.0. The maximum Gasteiger partial charge on any atom is 0.412 e. The number of aliphatic hydroxyl groups is 1. The predicted molar refractivity (Wildman–Crippen MR) is 335 cm³/mol. The Hall–Kier alpha value is -6.99. The molecule has 9 atom stereocenters. The summed E-state index contributed by atoms with van der Waals surface area (Å²) in [4.78, 5) is 124. The topological polar surface area (TPSA) is 321 Å². The maximum absolute atomic E-state index is 14.4. The Morgan fingerprint density at radius 3 is 2.44 bits per heavy atom. The molecule has 2 aromatic carbocycles. The van der Waals surface area contributed by atoms with Crippen LogP contribution in [0.5, 0.6) is 5.75 Å². The number of allylic oxidation sites excluding steroid dienone is 3. The van der Waals surface area contributed by atoms with E-state index in [1.807, 2.05) is 13.0 Å². The van der Waals surface area contributed by atoms with Crippen molar-refractivity contribution in [2.75, 3.05) is 109 Å². The smallest absolute Gasteiger partial charge is 0.412 e. The van der Waals surface area contributed by atoms with Crippen LogP contribution in [0.1, 0.15) is 64.5 Å². The largest absolute Gasteiger partial charge is 0.495 e.